The Kier molecular flexibility index (Phi) is 7.38. The van der Waals surface area contributed by atoms with E-state index in [0.29, 0.717) is 5.56 Å². The van der Waals surface area contributed by atoms with Gasteiger partial charge in [-0.3, -0.25) is 4.79 Å². The number of rotatable bonds is 8. The van der Waals surface area contributed by atoms with Gasteiger partial charge in [-0.25, -0.2) is 13.1 Å². The first kappa shape index (κ1) is 22.1. The van der Waals surface area contributed by atoms with Crippen LogP contribution < -0.4 is 10.0 Å². The SMILES string of the molecule is CCc1ccc(C(NC(=O)c2ccc(S(=O)(=O)NC(C)C)cc2)C(C)C)cc1. The molecule has 2 rings (SSSR count). The number of carbonyl (C=O) groups excluding carboxylic acids is 1. The predicted molar refractivity (Wildman–Crippen MR) is 113 cm³/mol. The van der Waals surface area contributed by atoms with Crippen LogP contribution in [0.3, 0.4) is 0 Å². The summed E-state index contributed by atoms with van der Waals surface area (Å²) in [7, 11) is -3.57. The minimum absolute atomic E-state index is 0.121. The van der Waals surface area contributed by atoms with Gasteiger partial charge in [0.2, 0.25) is 10.0 Å². The van der Waals surface area contributed by atoms with Crippen molar-refractivity contribution in [2.75, 3.05) is 0 Å². The normalized spacial score (nSPS) is 13.0. The number of hydrogen-bond acceptors (Lipinski definition) is 3. The quantitative estimate of drug-likeness (QED) is 0.699. The Labute approximate surface area is 168 Å². The highest BCUT2D eigenvalue weighted by Gasteiger charge is 2.20. The maximum Gasteiger partial charge on any atom is 0.251 e. The molecule has 28 heavy (non-hydrogen) atoms. The van der Waals surface area contributed by atoms with Crippen molar-refractivity contribution in [1.29, 1.82) is 0 Å². The van der Waals surface area contributed by atoms with Gasteiger partial charge in [0, 0.05) is 11.6 Å². The maximum atomic E-state index is 12.7. The highest BCUT2D eigenvalue weighted by Crippen LogP contribution is 2.23. The second kappa shape index (κ2) is 9.34. The van der Waals surface area contributed by atoms with Gasteiger partial charge < -0.3 is 5.32 Å². The lowest BCUT2D eigenvalue weighted by Crippen LogP contribution is -2.32. The lowest BCUT2D eigenvalue weighted by atomic mass is 9.94. The Bertz CT molecular complexity index is 886. The molecule has 0 radical (unpaired) electrons. The molecule has 2 N–H and O–H groups in total. The number of sulfonamides is 1. The van der Waals surface area contributed by atoms with Crippen molar-refractivity contribution in [1.82, 2.24) is 10.0 Å². The highest BCUT2D eigenvalue weighted by atomic mass is 32.2. The number of carbonyl (C=O) groups is 1. The van der Waals surface area contributed by atoms with Crippen LogP contribution in [0.5, 0.6) is 0 Å². The molecule has 6 heteroatoms. The minimum atomic E-state index is -3.57. The fourth-order valence-electron chi connectivity index (χ4n) is 2.98. The lowest BCUT2D eigenvalue weighted by molar-refractivity contribution is 0.0925. The monoisotopic (exact) mass is 402 g/mol. The summed E-state index contributed by atoms with van der Waals surface area (Å²) in [6.07, 6.45) is 0.972. The standard InChI is InChI=1S/C22H30N2O3S/c1-6-17-7-9-18(10-8-17)21(15(2)3)23-22(25)19-11-13-20(14-12-19)28(26,27)24-16(4)5/h7-16,21,24H,6H2,1-5H3,(H,23,25). The van der Waals surface area contributed by atoms with E-state index >= 15 is 0 Å². The van der Waals surface area contributed by atoms with Crippen molar-refractivity contribution < 1.29 is 13.2 Å². The van der Waals surface area contributed by atoms with Gasteiger partial charge in [-0.05, 0) is 61.6 Å². The van der Waals surface area contributed by atoms with Crippen LogP contribution in [0.15, 0.2) is 53.4 Å². The van der Waals surface area contributed by atoms with Gasteiger partial charge in [-0.1, -0.05) is 45.0 Å². The van der Waals surface area contributed by atoms with E-state index in [1.165, 1.54) is 17.7 Å². The van der Waals surface area contributed by atoms with Gasteiger partial charge in [0.25, 0.3) is 5.91 Å². The van der Waals surface area contributed by atoms with Crippen molar-refractivity contribution in [3.05, 3.63) is 65.2 Å². The summed E-state index contributed by atoms with van der Waals surface area (Å²) in [5.41, 5.74) is 2.74. The molecule has 0 aromatic heterocycles. The molecule has 1 atom stereocenters. The molecule has 0 aliphatic carbocycles. The van der Waals surface area contributed by atoms with Crippen LogP contribution in [-0.2, 0) is 16.4 Å². The van der Waals surface area contributed by atoms with Crippen molar-refractivity contribution in [2.24, 2.45) is 5.92 Å². The summed E-state index contributed by atoms with van der Waals surface area (Å²) in [5.74, 6) is -0.00893. The number of aryl methyl sites for hydroxylation is 1. The first-order valence-corrected chi connectivity index (χ1v) is 11.1. The Morgan fingerprint density at radius 3 is 1.96 bits per heavy atom. The maximum absolute atomic E-state index is 12.7. The molecule has 2 aromatic carbocycles. The third-order valence-electron chi connectivity index (χ3n) is 4.52. The fraction of sp³-hybridized carbons (Fsp3) is 0.409. The largest absolute Gasteiger partial charge is 0.345 e. The second-order valence-electron chi connectivity index (χ2n) is 7.59. The molecular weight excluding hydrogens is 372 g/mol. The summed E-state index contributed by atoms with van der Waals surface area (Å²) in [6, 6.07) is 14.0. The number of amides is 1. The molecule has 0 spiro atoms. The van der Waals surface area contributed by atoms with Crippen LogP contribution in [0, 0.1) is 5.92 Å². The smallest absolute Gasteiger partial charge is 0.251 e. The minimum Gasteiger partial charge on any atom is -0.345 e. The molecule has 152 valence electrons. The molecule has 2 aromatic rings. The molecule has 0 fully saturated rings. The predicted octanol–water partition coefficient (Wildman–Crippen LogP) is 4.06. The van der Waals surface area contributed by atoms with Crippen LogP contribution in [0.25, 0.3) is 0 Å². The number of benzene rings is 2. The molecule has 0 saturated carbocycles. The van der Waals surface area contributed by atoms with Gasteiger partial charge in [0.05, 0.1) is 10.9 Å². The van der Waals surface area contributed by atoms with E-state index in [1.54, 1.807) is 26.0 Å². The van der Waals surface area contributed by atoms with Gasteiger partial charge >= 0.3 is 0 Å². The topological polar surface area (TPSA) is 75.3 Å². The van der Waals surface area contributed by atoms with Crippen molar-refractivity contribution >= 4 is 15.9 Å². The zero-order valence-corrected chi connectivity index (χ0v) is 18.0. The van der Waals surface area contributed by atoms with E-state index < -0.39 is 10.0 Å². The number of nitrogens with one attached hydrogen (secondary N) is 2. The van der Waals surface area contributed by atoms with Gasteiger partial charge in [-0.2, -0.15) is 0 Å². The average Bonchev–Trinajstić information content (AvgIpc) is 2.65. The van der Waals surface area contributed by atoms with Crippen molar-refractivity contribution in [3.63, 3.8) is 0 Å². The van der Waals surface area contributed by atoms with Gasteiger partial charge in [-0.15, -0.1) is 0 Å². The molecule has 0 heterocycles. The molecule has 5 nitrogen and oxygen atoms in total. The molecule has 1 amide bonds. The van der Waals surface area contributed by atoms with E-state index in [9.17, 15) is 13.2 Å². The summed E-state index contributed by atoms with van der Waals surface area (Å²) in [4.78, 5) is 12.9. The van der Waals surface area contributed by atoms with Gasteiger partial charge in [0.1, 0.15) is 0 Å². The first-order valence-electron chi connectivity index (χ1n) is 9.66. The Balaban J connectivity index is 2.17. The van der Waals surface area contributed by atoms with Gasteiger partial charge in [0.15, 0.2) is 0 Å². The van der Waals surface area contributed by atoms with E-state index in [-0.39, 0.29) is 28.8 Å². The molecule has 0 aliphatic heterocycles. The number of hydrogen-bond donors (Lipinski definition) is 2. The molecule has 1 unspecified atom stereocenters. The third-order valence-corrected chi connectivity index (χ3v) is 6.19. The Hall–Kier alpha value is -2.18. The molecular formula is C22H30N2O3S. The summed E-state index contributed by atoms with van der Waals surface area (Å²) < 4.78 is 27.0. The second-order valence-corrected chi connectivity index (χ2v) is 9.30. The molecule has 0 aliphatic rings. The van der Waals surface area contributed by atoms with E-state index in [2.05, 4.69) is 55.1 Å². The highest BCUT2D eigenvalue weighted by molar-refractivity contribution is 7.89. The van der Waals surface area contributed by atoms with Crippen LogP contribution in [0.1, 0.15) is 62.1 Å². The molecule has 0 saturated heterocycles. The zero-order chi connectivity index (χ0) is 20.9. The summed E-state index contributed by atoms with van der Waals surface area (Å²) >= 11 is 0. The van der Waals surface area contributed by atoms with E-state index in [4.69, 9.17) is 0 Å². The average molecular weight is 403 g/mol. The zero-order valence-electron chi connectivity index (χ0n) is 17.2. The fourth-order valence-corrected chi connectivity index (χ4v) is 4.24. The van der Waals surface area contributed by atoms with Crippen LogP contribution in [0.4, 0.5) is 0 Å². The van der Waals surface area contributed by atoms with E-state index in [0.717, 1.165) is 12.0 Å². The molecule has 0 bridgehead atoms. The summed E-state index contributed by atoms with van der Waals surface area (Å²) in [6.45, 7) is 9.76. The first-order chi connectivity index (χ1) is 13.1. The van der Waals surface area contributed by atoms with Crippen molar-refractivity contribution in [2.45, 2.75) is 58.0 Å². The summed E-state index contributed by atoms with van der Waals surface area (Å²) in [5, 5.41) is 3.07. The van der Waals surface area contributed by atoms with E-state index in [1.807, 2.05) is 0 Å². The third kappa shape index (κ3) is 5.66. The van der Waals surface area contributed by atoms with Crippen LogP contribution in [-0.4, -0.2) is 20.4 Å². The Morgan fingerprint density at radius 1 is 0.929 bits per heavy atom. The van der Waals surface area contributed by atoms with Crippen LogP contribution >= 0.6 is 0 Å². The van der Waals surface area contributed by atoms with Crippen molar-refractivity contribution in [3.8, 4) is 0 Å². The Morgan fingerprint density at radius 2 is 1.50 bits per heavy atom. The lowest BCUT2D eigenvalue weighted by Gasteiger charge is -2.23. The van der Waals surface area contributed by atoms with Crippen LogP contribution in [0.2, 0.25) is 0 Å².